The number of benzene rings is 1. The van der Waals surface area contributed by atoms with Crippen LogP contribution in [0.15, 0.2) is 30.5 Å². The minimum absolute atomic E-state index is 0.139. The second kappa shape index (κ2) is 13.9. The van der Waals surface area contributed by atoms with Crippen LogP contribution in [0.1, 0.15) is 63.5 Å². The molecule has 3 atom stereocenters. The van der Waals surface area contributed by atoms with Crippen molar-refractivity contribution in [1.29, 1.82) is 0 Å². The number of rotatable bonds is 14. The van der Waals surface area contributed by atoms with Gasteiger partial charge in [0.2, 0.25) is 0 Å². The summed E-state index contributed by atoms with van der Waals surface area (Å²) in [5, 5.41) is 21.4. The fourth-order valence-electron chi connectivity index (χ4n) is 5.03. The Morgan fingerprint density at radius 1 is 1.26 bits per heavy atom. The molecule has 0 amide bonds. The van der Waals surface area contributed by atoms with Crippen LogP contribution in [0.5, 0.6) is 5.75 Å². The number of piperidine rings is 1. The Morgan fingerprint density at radius 3 is 2.85 bits per heavy atom. The molecule has 7 heteroatoms. The van der Waals surface area contributed by atoms with Gasteiger partial charge in [-0.1, -0.05) is 13.3 Å². The molecule has 1 aliphatic heterocycles. The number of aromatic nitrogens is 1. The van der Waals surface area contributed by atoms with Gasteiger partial charge in [-0.25, -0.2) is 0 Å². The van der Waals surface area contributed by atoms with E-state index in [4.69, 9.17) is 4.74 Å². The molecule has 0 aliphatic carbocycles. The Labute approximate surface area is 208 Å². The average molecular weight is 489 g/mol. The van der Waals surface area contributed by atoms with E-state index in [1.54, 1.807) is 13.3 Å². The molecule has 2 aromatic rings. The topological polar surface area (TPSA) is 82.9 Å². The molecule has 0 unspecified atom stereocenters. The summed E-state index contributed by atoms with van der Waals surface area (Å²) in [6.45, 7) is 5.14. The molecular weight excluding hydrogens is 448 g/mol. The van der Waals surface area contributed by atoms with Crippen molar-refractivity contribution in [3.05, 3.63) is 36.0 Å². The number of likely N-dealkylation sites (tertiary alicyclic amines) is 1. The number of aliphatic hydroxyl groups excluding tert-OH is 1. The lowest BCUT2D eigenvalue weighted by Gasteiger charge is -2.38. The third-order valence-corrected chi connectivity index (χ3v) is 8.12. The number of thioether (sulfide) groups is 1. The first-order valence-electron chi connectivity index (χ1n) is 12.6. The first-order valence-corrected chi connectivity index (χ1v) is 13.8. The molecule has 6 nitrogen and oxygen atoms in total. The van der Waals surface area contributed by atoms with Crippen molar-refractivity contribution in [2.45, 2.75) is 58.0 Å². The van der Waals surface area contributed by atoms with Crippen molar-refractivity contribution in [2.24, 2.45) is 11.8 Å². The molecule has 34 heavy (non-hydrogen) atoms. The fourth-order valence-corrected chi connectivity index (χ4v) is 6.06. The first kappa shape index (κ1) is 26.8. The van der Waals surface area contributed by atoms with E-state index in [0.29, 0.717) is 12.3 Å². The van der Waals surface area contributed by atoms with Gasteiger partial charge >= 0.3 is 5.97 Å². The number of aliphatic carboxylic acids is 1. The molecule has 1 saturated heterocycles. The van der Waals surface area contributed by atoms with Crippen LogP contribution in [-0.2, 0) is 4.79 Å². The number of hydrogen-bond donors (Lipinski definition) is 2. The summed E-state index contributed by atoms with van der Waals surface area (Å²) in [5.74, 6) is 2.90. The number of carbonyl (C=O) groups is 1. The maximum Gasteiger partial charge on any atom is 0.303 e. The number of carboxylic acid groups (broad SMARTS) is 1. The zero-order valence-electron chi connectivity index (χ0n) is 20.6. The third kappa shape index (κ3) is 7.85. The Kier molecular flexibility index (Phi) is 10.9. The first-order chi connectivity index (χ1) is 16.5. The Balaban J connectivity index is 1.56. The number of fused-ring (bicyclic) bond motifs is 1. The van der Waals surface area contributed by atoms with Gasteiger partial charge in [-0.05, 0) is 98.4 Å². The number of aliphatic hydroxyl groups is 1. The van der Waals surface area contributed by atoms with E-state index in [1.807, 2.05) is 36.0 Å². The summed E-state index contributed by atoms with van der Waals surface area (Å²) in [6, 6.07) is 7.58. The molecule has 1 aromatic carbocycles. The number of pyridine rings is 1. The van der Waals surface area contributed by atoms with Crippen molar-refractivity contribution >= 4 is 28.6 Å². The molecule has 1 aromatic heterocycles. The zero-order valence-corrected chi connectivity index (χ0v) is 21.4. The summed E-state index contributed by atoms with van der Waals surface area (Å²) in [5.41, 5.74) is 1.69. The highest BCUT2D eigenvalue weighted by atomic mass is 32.2. The average Bonchev–Trinajstić information content (AvgIpc) is 2.84. The van der Waals surface area contributed by atoms with E-state index in [1.165, 1.54) is 24.3 Å². The second-order valence-corrected chi connectivity index (χ2v) is 10.6. The molecule has 188 valence electrons. The standard InChI is InChI=1S/C27H40N2O4S/c1-3-4-15-34-16-5-13-29-14-11-20(21(19-29)17-27(31)32)6-9-26(30)23-10-12-28-25-8-7-22(33-2)18-24(23)25/h7-8,10,12,18,20-21,26,30H,3-6,9,11,13-17,19H2,1-2H3,(H,31,32)/t20-,21+,26+/m1/s1. The number of nitrogens with zero attached hydrogens (tertiary/aromatic N) is 2. The normalized spacial score (nSPS) is 19.9. The molecule has 1 fully saturated rings. The van der Waals surface area contributed by atoms with Gasteiger partial charge in [0.1, 0.15) is 5.75 Å². The maximum atomic E-state index is 11.6. The molecule has 3 rings (SSSR count). The Hall–Kier alpha value is -1.83. The minimum atomic E-state index is -0.722. The van der Waals surface area contributed by atoms with E-state index >= 15 is 0 Å². The van der Waals surface area contributed by atoms with E-state index in [-0.39, 0.29) is 12.3 Å². The van der Waals surface area contributed by atoms with Crippen LogP contribution < -0.4 is 4.74 Å². The van der Waals surface area contributed by atoms with Gasteiger partial charge in [-0.3, -0.25) is 9.78 Å². The number of hydrogen-bond acceptors (Lipinski definition) is 6. The Morgan fingerprint density at radius 2 is 2.09 bits per heavy atom. The summed E-state index contributed by atoms with van der Waals surface area (Å²) in [7, 11) is 1.63. The van der Waals surface area contributed by atoms with Crippen molar-refractivity contribution in [3.8, 4) is 5.75 Å². The quantitative estimate of drug-likeness (QED) is 0.345. The van der Waals surface area contributed by atoms with Crippen LogP contribution in [0.3, 0.4) is 0 Å². The van der Waals surface area contributed by atoms with Gasteiger partial charge in [-0.15, -0.1) is 0 Å². The van der Waals surface area contributed by atoms with Crippen LogP contribution in [-0.4, -0.2) is 64.3 Å². The van der Waals surface area contributed by atoms with Crippen LogP contribution in [0.25, 0.3) is 10.9 Å². The lowest BCUT2D eigenvalue weighted by Crippen LogP contribution is -2.42. The van der Waals surface area contributed by atoms with Crippen molar-refractivity contribution in [1.82, 2.24) is 9.88 Å². The van der Waals surface area contributed by atoms with E-state index < -0.39 is 12.1 Å². The maximum absolute atomic E-state index is 11.6. The van der Waals surface area contributed by atoms with Gasteiger partial charge in [0.05, 0.1) is 18.7 Å². The van der Waals surface area contributed by atoms with Gasteiger partial charge in [0, 0.05) is 24.5 Å². The number of unbranched alkanes of at least 4 members (excludes halogenated alkanes) is 1. The number of ether oxygens (including phenoxy) is 1. The molecule has 0 bridgehead atoms. The van der Waals surface area contributed by atoms with Crippen molar-refractivity contribution in [2.75, 3.05) is 38.2 Å². The SMILES string of the molecule is CCCCSCCCN1CC[C@@H](CC[C@H](O)c2ccnc3ccc(OC)cc23)[C@@H](CC(=O)O)C1. The second-order valence-electron chi connectivity index (χ2n) is 9.40. The molecule has 0 saturated carbocycles. The predicted molar refractivity (Wildman–Crippen MR) is 140 cm³/mol. The van der Waals surface area contributed by atoms with Crippen LogP contribution >= 0.6 is 11.8 Å². The molecule has 0 spiro atoms. The highest BCUT2D eigenvalue weighted by Gasteiger charge is 2.31. The fraction of sp³-hybridized carbons (Fsp3) is 0.630. The summed E-state index contributed by atoms with van der Waals surface area (Å²) in [4.78, 5) is 18.4. The third-order valence-electron chi connectivity index (χ3n) is 6.97. The lowest BCUT2D eigenvalue weighted by molar-refractivity contribution is -0.139. The summed E-state index contributed by atoms with van der Waals surface area (Å²) in [6.07, 6.45) is 7.47. The molecule has 2 N–H and O–H groups in total. The Bertz CT molecular complexity index is 909. The lowest BCUT2D eigenvalue weighted by atomic mass is 9.79. The smallest absolute Gasteiger partial charge is 0.303 e. The van der Waals surface area contributed by atoms with Crippen molar-refractivity contribution in [3.63, 3.8) is 0 Å². The van der Waals surface area contributed by atoms with Crippen LogP contribution in [0.4, 0.5) is 0 Å². The molecule has 1 aliphatic rings. The molecular formula is C27H40N2O4S. The highest BCUT2D eigenvalue weighted by Crippen LogP contribution is 2.34. The molecule has 0 radical (unpaired) electrons. The number of carboxylic acids is 1. The van der Waals surface area contributed by atoms with Gasteiger partial charge < -0.3 is 19.8 Å². The van der Waals surface area contributed by atoms with Crippen LogP contribution in [0.2, 0.25) is 0 Å². The largest absolute Gasteiger partial charge is 0.497 e. The highest BCUT2D eigenvalue weighted by molar-refractivity contribution is 7.99. The van der Waals surface area contributed by atoms with Gasteiger partial charge in [0.15, 0.2) is 0 Å². The summed E-state index contributed by atoms with van der Waals surface area (Å²) >= 11 is 2.03. The van der Waals surface area contributed by atoms with E-state index in [0.717, 1.165) is 61.1 Å². The molecule has 2 heterocycles. The monoisotopic (exact) mass is 488 g/mol. The predicted octanol–water partition coefficient (Wildman–Crippen LogP) is 5.39. The number of methoxy groups -OCH3 is 1. The minimum Gasteiger partial charge on any atom is -0.497 e. The van der Waals surface area contributed by atoms with E-state index in [9.17, 15) is 15.0 Å². The van der Waals surface area contributed by atoms with Gasteiger partial charge in [0.25, 0.3) is 0 Å². The van der Waals surface area contributed by atoms with E-state index in [2.05, 4.69) is 16.8 Å². The summed E-state index contributed by atoms with van der Waals surface area (Å²) < 4.78 is 5.35. The zero-order chi connectivity index (χ0) is 24.3. The van der Waals surface area contributed by atoms with Crippen molar-refractivity contribution < 1.29 is 19.7 Å². The van der Waals surface area contributed by atoms with Gasteiger partial charge in [-0.2, -0.15) is 11.8 Å². The van der Waals surface area contributed by atoms with Crippen LogP contribution in [0, 0.1) is 11.8 Å².